The number of hydrogen-bond donors (Lipinski definition) is 0. The second-order valence-corrected chi connectivity index (χ2v) is 24.3. The third-order valence-electron chi connectivity index (χ3n) is 17.5. The first-order valence-electron chi connectivity index (χ1n) is 31.4. The molecule has 7 nitrogen and oxygen atoms in total. The van der Waals surface area contributed by atoms with E-state index in [1.54, 1.807) is 0 Å². The maximum absolute atomic E-state index is 6.63. The van der Waals surface area contributed by atoms with Crippen molar-refractivity contribution in [3.63, 3.8) is 0 Å². The molecule has 4 heterocycles. The lowest BCUT2D eigenvalue weighted by Crippen LogP contribution is -2.00. The highest BCUT2D eigenvalue weighted by Crippen LogP contribution is 2.46. The molecule has 18 rings (SSSR count). The number of benzene rings is 14. The molecule has 94 heavy (non-hydrogen) atoms. The van der Waals surface area contributed by atoms with E-state index in [-0.39, 0.29) is 0 Å². The Hall–Kier alpha value is -12.4. The maximum Gasteiger partial charge on any atom is 0.164 e. The van der Waals surface area contributed by atoms with Gasteiger partial charge in [-0.15, -0.1) is 11.3 Å². The van der Waals surface area contributed by atoms with Gasteiger partial charge in [0.05, 0.1) is 0 Å². The molecule has 0 N–H and O–H groups in total. The average molecular weight is 1220 g/mol. The normalized spacial score (nSPS) is 11.4. The molecular weight excluding hydrogens is 1170 g/mol. The van der Waals surface area contributed by atoms with Crippen molar-refractivity contribution in [3.05, 3.63) is 328 Å². The molecule has 0 radical (unpaired) electrons. The number of fused-ring (bicyclic) bond motifs is 8. The second-order valence-electron chi connectivity index (χ2n) is 23.2. The van der Waals surface area contributed by atoms with E-state index in [4.69, 9.17) is 34.3 Å². The summed E-state index contributed by atoms with van der Waals surface area (Å²) in [5.74, 6) is 3.86. The van der Waals surface area contributed by atoms with Gasteiger partial charge in [-0.25, -0.2) is 29.9 Å². The van der Waals surface area contributed by atoms with Gasteiger partial charge < -0.3 is 4.42 Å². The summed E-state index contributed by atoms with van der Waals surface area (Å²) >= 11 is 1.82. The predicted molar refractivity (Wildman–Crippen MR) is 389 cm³/mol. The van der Waals surface area contributed by atoms with Crippen LogP contribution in [-0.4, -0.2) is 29.9 Å². The number of furan rings is 1. The van der Waals surface area contributed by atoms with Crippen molar-refractivity contribution in [1.29, 1.82) is 0 Å². The van der Waals surface area contributed by atoms with Crippen LogP contribution in [0.15, 0.2) is 332 Å². The number of nitrogens with zero attached hydrogens (tertiary/aromatic N) is 6. The summed E-state index contributed by atoms with van der Waals surface area (Å²) in [5, 5.41) is 9.38. The summed E-state index contributed by atoms with van der Waals surface area (Å²) in [6, 6.07) is 114. The Bertz CT molecular complexity index is 5350. The quantitative estimate of drug-likeness (QED) is 0.135. The minimum absolute atomic E-state index is 0.604. The van der Waals surface area contributed by atoms with Crippen LogP contribution in [0.3, 0.4) is 0 Å². The van der Waals surface area contributed by atoms with Gasteiger partial charge in [-0.05, 0) is 90.8 Å². The fourth-order valence-electron chi connectivity index (χ4n) is 13.0. The molecule has 0 atom stereocenters. The molecular formula is C86H54N6OS. The number of para-hydroxylation sites is 1. The summed E-state index contributed by atoms with van der Waals surface area (Å²) in [6.45, 7) is 0. The van der Waals surface area contributed by atoms with Crippen LogP contribution in [0.25, 0.3) is 176 Å². The molecule has 0 fully saturated rings. The van der Waals surface area contributed by atoms with Crippen molar-refractivity contribution >= 4 is 75.0 Å². The van der Waals surface area contributed by atoms with Crippen LogP contribution in [0, 0.1) is 0 Å². The molecule has 0 bridgehead atoms. The summed E-state index contributed by atoms with van der Waals surface area (Å²) in [6.07, 6.45) is 0. The van der Waals surface area contributed by atoms with Gasteiger partial charge in [0.1, 0.15) is 11.2 Å². The maximum atomic E-state index is 6.63. The Balaban J connectivity index is 0.000000143. The lowest BCUT2D eigenvalue weighted by atomic mass is 9.94. The Labute approximate surface area is 546 Å². The number of rotatable bonds is 10. The van der Waals surface area contributed by atoms with Gasteiger partial charge in [0.2, 0.25) is 0 Å². The van der Waals surface area contributed by atoms with E-state index in [9.17, 15) is 0 Å². The molecule has 18 aromatic rings. The summed E-state index contributed by atoms with van der Waals surface area (Å²) in [4.78, 5) is 30.1. The van der Waals surface area contributed by atoms with Crippen LogP contribution < -0.4 is 0 Å². The van der Waals surface area contributed by atoms with Gasteiger partial charge >= 0.3 is 0 Å². The van der Waals surface area contributed by atoms with E-state index in [1.165, 1.54) is 75.1 Å². The zero-order valence-electron chi connectivity index (χ0n) is 50.7. The van der Waals surface area contributed by atoms with Crippen LogP contribution in [-0.2, 0) is 0 Å². The fourth-order valence-corrected chi connectivity index (χ4v) is 14.2. The van der Waals surface area contributed by atoms with Gasteiger partial charge in [-0.1, -0.05) is 297 Å². The highest BCUT2D eigenvalue weighted by atomic mass is 32.1. The monoisotopic (exact) mass is 1220 g/mol. The Morgan fingerprint density at radius 2 is 0.553 bits per heavy atom. The lowest BCUT2D eigenvalue weighted by molar-refractivity contribution is 0.670. The molecule has 0 saturated heterocycles. The van der Waals surface area contributed by atoms with E-state index in [2.05, 4.69) is 212 Å². The topological polar surface area (TPSA) is 90.5 Å². The van der Waals surface area contributed by atoms with Crippen molar-refractivity contribution in [2.75, 3.05) is 0 Å². The Morgan fingerprint density at radius 3 is 1.03 bits per heavy atom. The summed E-state index contributed by atoms with van der Waals surface area (Å²) < 4.78 is 9.10. The zero-order chi connectivity index (χ0) is 62.3. The average Bonchev–Trinajstić information content (AvgIpc) is 1.56. The van der Waals surface area contributed by atoms with Crippen LogP contribution >= 0.6 is 11.3 Å². The van der Waals surface area contributed by atoms with Gasteiger partial charge in [-0.3, -0.25) is 0 Å². The summed E-state index contributed by atoms with van der Waals surface area (Å²) in [7, 11) is 0. The van der Waals surface area contributed by atoms with Crippen molar-refractivity contribution < 1.29 is 4.42 Å². The third kappa shape index (κ3) is 10.4. The zero-order valence-corrected chi connectivity index (χ0v) is 51.5. The molecule has 0 amide bonds. The van der Waals surface area contributed by atoms with Gasteiger partial charge in [-0.2, -0.15) is 0 Å². The van der Waals surface area contributed by atoms with Crippen molar-refractivity contribution in [2.45, 2.75) is 0 Å². The molecule has 0 aliphatic rings. The van der Waals surface area contributed by atoms with Gasteiger partial charge in [0.25, 0.3) is 0 Å². The Kier molecular flexibility index (Phi) is 14.3. The SMILES string of the molecule is c1ccc(-c2nc(-c3ccccc3)nc(-c3ccc(-c4ccc(-c5cccc6ccccc56)cc4)c4oc5ccccc5c34)n2)cc1.c1ccc(-c2nc(-c3ccccc3)nc(-c3ccc(-c4ccc(-c5cccc6ccccc56)cc4)c4sc5ccccc5c34)n2)cc1. The largest absolute Gasteiger partial charge is 0.455 e. The molecule has 0 aliphatic heterocycles. The van der Waals surface area contributed by atoms with E-state index >= 15 is 0 Å². The minimum Gasteiger partial charge on any atom is -0.455 e. The van der Waals surface area contributed by atoms with Crippen molar-refractivity contribution in [3.8, 4) is 113 Å². The molecule has 0 unspecified atom stereocenters. The molecule has 4 aromatic heterocycles. The van der Waals surface area contributed by atoms with Crippen LogP contribution in [0.5, 0.6) is 0 Å². The van der Waals surface area contributed by atoms with E-state index in [0.29, 0.717) is 34.9 Å². The van der Waals surface area contributed by atoms with Gasteiger partial charge in [0, 0.05) is 69.9 Å². The fraction of sp³-hybridized carbons (Fsp3) is 0. The number of thiophene rings is 1. The van der Waals surface area contributed by atoms with E-state index < -0.39 is 0 Å². The first kappa shape index (κ1) is 55.7. The highest BCUT2D eigenvalue weighted by Gasteiger charge is 2.23. The van der Waals surface area contributed by atoms with E-state index in [1.807, 2.05) is 127 Å². The predicted octanol–water partition coefficient (Wildman–Crippen LogP) is 23.0. The molecule has 0 aliphatic carbocycles. The molecule has 0 saturated carbocycles. The van der Waals surface area contributed by atoms with E-state index in [0.717, 1.165) is 66.4 Å². The number of aromatic nitrogens is 6. The van der Waals surface area contributed by atoms with Crippen LogP contribution in [0.2, 0.25) is 0 Å². The second kappa shape index (κ2) is 24.1. The highest BCUT2D eigenvalue weighted by molar-refractivity contribution is 7.26. The van der Waals surface area contributed by atoms with Crippen LogP contribution in [0.4, 0.5) is 0 Å². The van der Waals surface area contributed by atoms with Crippen molar-refractivity contribution in [2.24, 2.45) is 0 Å². The third-order valence-corrected chi connectivity index (χ3v) is 18.7. The van der Waals surface area contributed by atoms with Crippen LogP contribution in [0.1, 0.15) is 0 Å². The first-order chi connectivity index (χ1) is 46.6. The summed E-state index contributed by atoms with van der Waals surface area (Å²) in [5.41, 5.74) is 16.7. The van der Waals surface area contributed by atoms with Crippen molar-refractivity contribution in [1.82, 2.24) is 29.9 Å². The first-order valence-corrected chi connectivity index (χ1v) is 32.2. The standard InChI is InChI=1S/C43H27N3O.C43H27N3S/c2*1-3-13-31(14-4-1)41-44-42(32-15-5-2-6-16-32)46-43(45-41)37-27-26-35(40-39(37)36-19-9-10-21-38(36)47-40)30-24-22-29(23-25-30)34-20-11-17-28-12-7-8-18-33(28)34/h2*1-27H. The molecule has 14 aromatic carbocycles. The molecule has 8 heteroatoms. The molecule has 0 spiro atoms. The smallest absolute Gasteiger partial charge is 0.164 e. The van der Waals surface area contributed by atoms with Gasteiger partial charge in [0.15, 0.2) is 34.9 Å². The minimum atomic E-state index is 0.604. The number of hydrogen-bond acceptors (Lipinski definition) is 8. The molecule has 440 valence electrons. The Morgan fingerprint density at radius 1 is 0.213 bits per heavy atom. The lowest BCUT2D eigenvalue weighted by Gasteiger charge is -2.12.